The summed E-state index contributed by atoms with van der Waals surface area (Å²) in [4.78, 5) is 11.0. The molecule has 20 heavy (non-hydrogen) atoms. The molecule has 0 amide bonds. The second kappa shape index (κ2) is 7.63. The van der Waals surface area contributed by atoms with Crippen LogP contribution in [0.5, 0.6) is 0 Å². The molecule has 118 valence electrons. The Morgan fingerprint density at radius 2 is 2.00 bits per heavy atom. The number of hydrogen-bond acceptors (Lipinski definition) is 5. The van der Waals surface area contributed by atoms with E-state index in [0.29, 0.717) is 6.54 Å². The molecular weight excluding hydrogens is 300 g/mol. The SMILES string of the molecule is COC(=O)CCN(C)S(=O)(=O)NCC1(SC)CCCC1. The van der Waals surface area contributed by atoms with Gasteiger partial charge in [0.2, 0.25) is 0 Å². The van der Waals surface area contributed by atoms with Crippen molar-refractivity contribution in [1.29, 1.82) is 0 Å². The molecule has 6 nitrogen and oxygen atoms in total. The number of ether oxygens (including phenoxy) is 1. The lowest BCUT2D eigenvalue weighted by molar-refractivity contribution is -0.140. The third-order valence-electron chi connectivity index (χ3n) is 3.79. The highest BCUT2D eigenvalue weighted by Gasteiger charge is 2.34. The van der Waals surface area contributed by atoms with Crippen molar-refractivity contribution < 1.29 is 17.9 Å². The van der Waals surface area contributed by atoms with E-state index in [1.807, 2.05) is 6.26 Å². The number of carbonyl (C=O) groups is 1. The van der Waals surface area contributed by atoms with Gasteiger partial charge in [-0.25, -0.2) is 4.72 Å². The van der Waals surface area contributed by atoms with Crippen molar-refractivity contribution in [2.75, 3.05) is 33.5 Å². The van der Waals surface area contributed by atoms with Crippen molar-refractivity contribution in [2.24, 2.45) is 0 Å². The van der Waals surface area contributed by atoms with Gasteiger partial charge >= 0.3 is 5.97 Å². The van der Waals surface area contributed by atoms with E-state index in [4.69, 9.17) is 0 Å². The smallest absolute Gasteiger partial charge is 0.306 e. The number of nitrogens with one attached hydrogen (secondary N) is 1. The lowest BCUT2D eigenvalue weighted by atomic mass is 10.1. The summed E-state index contributed by atoms with van der Waals surface area (Å²) >= 11 is 1.73. The van der Waals surface area contributed by atoms with Crippen LogP contribution >= 0.6 is 11.8 Å². The Kier molecular flexibility index (Phi) is 6.77. The predicted octanol–water partition coefficient (Wildman–Crippen LogP) is 0.991. The molecule has 1 rings (SSSR count). The van der Waals surface area contributed by atoms with E-state index in [1.54, 1.807) is 11.8 Å². The minimum Gasteiger partial charge on any atom is -0.469 e. The van der Waals surface area contributed by atoms with E-state index in [2.05, 4.69) is 9.46 Å². The Balaban J connectivity index is 2.49. The third-order valence-corrected chi connectivity index (χ3v) is 6.72. The second-order valence-corrected chi connectivity index (χ2v) is 8.20. The van der Waals surface area contributed by atoms with Gasteiger partial charge in [-0.2, -0.15) is 24.5 Å². The van der Waals surface area contributed by atoms with Crippen molar-refractivity contribution >= 4 is 27.9 Å². The van der Waals surface area contributed by atoms with E-state index >= 15 is 0 Å². The average molecular weight is 324 g/mol. The highest BCUT2D eigenvalue weighted by Crippen LogP contribution is 2.39. The van der Waals surface area contributed by atoms with Crippen LogP contribution in [0, 0.1) is 0 Å². The van der Waals surface area contributed by atoms with Gasteiger partial charge < -0.3 is 4.74 Å². The molecule has 0 atom stereocenters. The summed E-state index contributed by atoms with van der Waals surface area (Å²) in [5.74, 6) is -0.413. The topological polar surface area (TPSA) is 75.7 Å². The summed E-state index contributed by atoms with van der Waals surface area (Å²) in [6.45, 7) is 0.563. The number of thioether (sulfide) groups is 1. The summed E-state index contributed by atoms with van der Waals surface area (Å²) in [6, 6.07) is 0. The largest absolute Gasteiger partial charge is 0.469 e. The number of methoxy groups -OCH3 is 1. The number of rotatable bonds is 8. The van der Waals surface area contributed by atoms with Gasteiger partial charge in [0.15, 0.2) is 0 Å². The zero-order chi connectivity index (χ0) is 15.2. The standard InChI is InChI=1S/C12H24N2O4S2/c1-14(9-6-11(15)18-2)20(16,17)13-10-12(19-3)7-4-5-8-12/h13H,4-10H2,1-3H3. The molecule has 0 heterocycles. The molecule has 0 aromatic heterocycles. The minimum absolute atomic E-state index is 0.0241. The maximum absolute atomic E-state index is 12.1. The van der Waals surface area contributed by atoms with Crippen molar-refractivity contribution in [3.8, 4) is 0 Å². The van der Waals surface area contributed by atoms with Gasteiger partial charge in [0, 0.05) is 24.9 Å². The summed E-state index contributed by atoms with van der Waals surface area (Å²) in [7, 11) is -0.785. The lowest BCUT2D eigenvalue weighted by Gasteiger charge is -2.28. The Bertz CT molecular complexity index is 419. The fourth-order valence-corrected chi connectivity index (χ4v) is 4.29. The van der Waals surface area contributed by atoms with Crippen LogP contribution < -0.4 is 4.72 Å². The van der Waals surface area contributed by atoms with E-state index in [0.717, 1.165) is 30.0 Å². The van der Waals surface area contributed by atoms with Crippen LogP contribution in [0.2, 0.25) is 0 Å². The normalized spacial score (nSPS) is 18.4. The van der Waals surface area contributed by atoms with Gasteiger partial charge in [-0.15, -0.1) is 0 Å². The van der Waals surface area contributed by atoms with Crippen LogP contribution in [0.3, 0.4) is 0 Å². The van der Waals surface area contributed by atoms with Gasteiger partial charge in [0.25, 0.3) is 10.2 Å². The average Bonchev–Trinajstić information content (AvgIpc) is 2.91. The van der Waals surface area contributed by atoms with Gasteiger partial charge in [0.05, 0.1) is 13.5 Å². The maximum atomic E-state index is 12.1. The molecule has 0 radical (unpaired) electrons. The first-order chi connectivity index (χ1) is 9.35. The fourth-order valence-electron chi connectivity index (χ4n) is 2.28. The van der Waals surface area contributed by atoms with Crippen molar-refractivity contribution in [1.82, 2.24) is 9.03 Å². The molecule has 0 bridgehead atoms. The first-order valence-corrected chi connectivity index (χ1v) is 9.34. The van der Waals surface area contributed by atoms with Gasteiger partial charge in [-0.3, -0.25) is 4.79 Å². The van der Waals surface area contributed by atoms with E-state index < -0.39 is 16.2 Å². The number of carbonyl (C=O) groups excluding carboxylic acids is 1. The van der Waals surface area contributed by atoms with Crippen molar-refractivity contribution in [3.63, 3.8) is 0 Å². The molecule has 8 heteroatoms. The Morgan fingerprint density at radius 1 is 1.40 bits per heavy atom. The summed E-state index contributed by atoms with van der Waals surface area (Å²) < 4.78 is 32.5. The summed E-state index contributed by atoms with van der Waals surface area (Å²) in [5, 5.41) is 0. The van der Waals surface area contributed by atoms with Gasteiger partial charge in [0.1, 0.15) is 0 Å². The third kappa shape index (κ3) is 4.91. The van der Waals surface area contributed by atoms with Gasteiger partial charge in [-0.1, -0.05) is 12.8 Å². The monoisotopic (exact) mass is 324 g/mol. The van der Waals surface area contributed by atoms with Crippen LogP contribution in [0.25, 0.3) is 0 Å². The molecule has 0 aromatic carbocycles. The van der Waals surface area contributed by atoms with Crippen LogP contribution in [-0.2, 0) is 19.7 Å². The molecule has 0 saturated heterocycles. The van der Waals surface area contributed by atoms with E-state index in [-0.39, 0.29) is 17.7 Å². The Morgan fingerprint density at radius 3 is 2.50 bits per heavy atom. The van der Waals surface area contributed by atoms with E-state index in [9.17, 15) is 13.2 Å². The van der Waals surface area contributed by atoms with Gasteiger partial charge in [-0.05, 0) is 19.1 Å². The second-order valence-electron chi connectivity index (χ2n) is 5.07. The molecule has 1 fully saturated rings. The Labute approximate surface area is 125 Å². The molecule has 1 aliphatic carbocycles. The first kappa shape index (κ1) is 17.7. The quantitative estimate of drug-likeness (QED) is 0.674. The summed E-state index contributed by atoms with van der Waals surface area (Å²) in [6.07, 6.45) is 6.48. The molecule has 1 aliphatic rings. The highest BCUT2D eigenvalue weighted by molar-refractivity contribution is 8.00. The van der Waals surface area contributed by atoms with Crippen LogP contribution in [0.15, 0.2) is 0 Å². The zero-order valence-corrected chi connectivity index (χ0v) is 14.0. The highest BCUT2D eigenvalue weighted by atomic mass is 32.2. The first-order valence-electron chi connectivity index (χ1n) is 6.68. The number of hydrogen-bond donors (Lipinski definition) is 1. The predicted molar refractivity (Wildman–Crippen MR) is 80.9 cm³/mol. The minimum atomic E-state index is -3.54. The molecule has 0 spiro atoms. The van der Waals surface area contributed by atoms with Crippen LogP contribution in [0.4, 0.5) is 0 Å². The summed E-state index contributed by atoms with van der Waals surface area (Å²) in [5.41, 5.74) is 0. The van der Waals surface area contributed by atoms with Crippen molar-refractivity contribution in [2.45, 2.75) is 36.9 Å². The molecule has 0 unspecified atom stereocenters. The Hall–Kier alpha value is -0.310. The number of esters is 1. The maximum Gasteiger partial charge on any atom is 0.306 e. The van der Waals surface area contributed by atoms with E-state index in [1.165, 1.54) is 14.2 Å². The van der Waals surface area contributed by atoms with Crippen LogP contribution in [-0.4, -0.2) is 56.9 Å². The number of nitrogens with zero attached hydrogens (tertiary/aromatic N) is 1. The fraction of sp³-hybridized carbons (Fsp3) is 0.917. The molecule has 1 saturated carbocycles. The molecule has 0 aromatic rings. The molecular formula is C12H24N2O4S2. The van der Waals surface area contributed by atoms with Crippen molar-refractivity contribution in [3.05, 3.63) is 0 Å². The molecule has 0 aliphatic heterocycles. The van der Waals surface area contributed by atoms with Crippen LogP contribution in [0.1, 0.15) is 32.1 Å². The molecule has 1 N–H and O–H groups in total. The lowest BCUT2D eigenvalue weighted by Crippen LogP contribution is -2.45. The zero-order valence-electron chi connectivity index (χ0n) is 12.3.